The first-order valence-electron chi connectivity index (χ1n) is 21.7. The van der Waals surface area contributed by atoms with Gasteiger partial charge in [0.1, 0.15) is 0 Å². The summed E-state index contributed by atoms with van der Waals surface area (Å²) in [6.45, 7) is 19.6. The molecule has 1 spiro atoms. The van der Waals surface area contributed by atoms with Gasteiger partial charge < -0.3 is 0 Å². The fourth-order valence-electron chi connectivity index (χ4n) is 12.7. The van der Waals surface area contributed by atoms with Crippen LogP contribution in [0.3, 0.4) is 0 Å². The maximum atomic E-state index is 2.92. The van der Waals surface area contributed by atoms with Crippen LogP contribution in [0.15, 0.2) is 90.0 Å². The fraction of sp³-hybridized carbons (Fsp3) is 0.472. The van der Waals surface area contributed by atoms with Crippen molar-refractivity contribution in [2.24, 2.45) is 23.7 Å². The van der Waals surface area contributed by atoms with Crippen LogP contribution in [-0.2, 0) is 17.3 Å². The minimum Gasteiger partial charge on any atom is -0.0654 e. The highest BCUT2D eigenvalue weighted by atomic mass is 14.6. The Morgan fingerprint density at radius 3 is 2.15 bits per heavy atom. The normalized spacial score (nSPS) is 22.8. The van der Waals surface area contributed by atoms with Crippen molar-refractivity contribution in [1.82, 2.24) is 0 Å². The van der Waals surface area contributed by atoms with Crippen molar-refractivity contribution in [2.75, 3.05) is 0 Å². The van der Waals surface area contributed by atoms with E-state index >= 15 is 0 Å². The molecule has 5 aliphatic rings. The van der Waals surface area contributed by atoms with Gasteiger partial charge in [0.2, 0.25) is 0 Å². The highest BCUT2D eigenvalue weighted by Crippen LogP contribution is 2.67. The summed E-state index contributed by atoms with van der Waals surface area (Å²) in [4.78, 5) is 0. The van der Waals surface area contributed by atoms with Gasteiger partial charge in [0.05, 0.1) is 0 Å². The Kier molecular flexibility index (Phi) is 8.60. The Hall–Kier alpha value is -3.64. The third kappa shape index (κ3) is 4.92. The minimum atomic E-state index is -0.188. The number of rotatable bonds is 8. The standard InChI is InChI=1S/C53H62/c1-9-33(10-2)39-30-44(34(11-3)12-4)48(35-18-14-13-15-19-35)53(31-39)46-27-26-42-45-29-37-20-16-17-21-40(37)49(45)52(7,8)51(42)47(46)43-25-23-38-28-36(32(5)6)22-24-41(38)50(43)53/h16-17,20-28,30-35,48H,9-15,18-19,29H2,1-8H3. The molecule has 274 valence electrons. The lowest BCUT2D eigenvalue weighted by Crippen LogP contribution is -2.43. The average Bonchev–Trinajstić information content (AvgIpc) is 3.77. The third-order valence-corrected chi connectivity index (χ3v) is 15.2. The molecule has 0 amide bonds. The predicted octanol–water partition coefficient (Wildman–Crippen LogP) is 14.9. The zero-order valence-corrected chi connectivity index (χ0v) is 34.0. The molecule has 4 aromatic rings. The highest BCUT2D eigenvalue weighted by molar-refractivity contribution is 6.10. The van der Waals surface area contributed by atoms with Crippen LogP contribution in [0.5, 0.6) is 0 Å². The summed E-state index contributed by atoms with van der Waals surface area (Å²) in [5.74, 6) is 2.86. The molecule has 0 saturated heterocycles. The van der Waals surface area contributed by atoms with Crippen LogP contribution in [-0.4, -0.2) is 0 Å². The highest BCUT2D eigenvalue weighted by Gasteiger charge is 2.56. The molecule has 0 aromatic heterocycles. The van der Waals surface area contributed by atoms with E-state index in [4.69, 9.17) is 0 Å². The van der Waals surface area contributed by atoms with Crippen molar-refractivity contribution >= 4 is 21.9 Å². The molecular weight excluding hydrogens is 637 g/mol. The molecule has 9 rings (SSSR count). The van der Waals surface area contributed by atoms with Gasteiger partial charge in [-0.1, -0.05) is 159 Å². The molecule has 1 saturated carbocycles. The third-order valence-electron chi connectivity index (χ3n) is 15.2. The van der Waals surface area contributed by atoms with Gasteiger partial charge in [0, 0.05) is 16.7 Å². The second kappa shape index (κ2) is 13.0. The Bertz CT molecular complexity index is 2200. The van der Waals surface area contributed by atoms with Crippen molar-refractivity contribution in [3.8, 4) is 11.1 Å². The summed E-state index contributed by atoms with van der Waals surface area (Å²) in [7, 11) is 0. The van der Waals surface area contributed by atoms with E-state index in [1.165, 1.54) is 96.4 Å². The van der Waals surface area contributed by atoms with Gasteiger partial charge in [-0.2, -0.15) is 0 Å². The van der Waals surface area contributed by atoms with Gasteiger partial charge in [-0.05, 0) is 146 Å². The van der Waals surface area contributed by atoms with E-state index in [1.807, 2.05) is 0 Å². The van der Waals surface area contributed by atoms with E-state index in [9.17, 15) is 0 Å². The number of allylic oxidation sites excluding steroid dienone is 6. The van der Waals surface area contributed by atoms with Gasteiger partial charge in [-0.15, -0.1) is 0 Å². The second-order valence-electron chi connectivity index (χ2n) is 18.4. The number of hydrogen-bond acceptors (Lipinski definition) is 0. The Morgan fingerprint density at radius 2 is 1.43 bits per heavy atom. The smallest absolute Gasteiger partial charge is 0.0474 e. The van der Waals surface area contributed by atoms with Crippen LogP contribution < -0.4 is 0 Å². The monoisotopic (exact) mass is 698 g/mol. The number of hydrogen-bond donors (Lipinski definition) is 0. The summed E-state index contributed by atoms with van der Waals surface area (Å²) >= 11 is 0. The molecule has 0 nitrogen and oxygen atoms in total. The zero-order valence-electron chi connectivity index (χ0n) is 34.0. The molecule has 5 aliphatic carbocycles. The van der Waals surface area contributed by atoms with E-state index in [0.717, 1.165) is 6.42 Å². The molecule has 53 heavy (non-hydrogen) atoms. The van der Waals surface area contributed by atoms with Crippen LogP contribution in [0.1, 0.15) is 158 Å². The lowest BCUT2D eigenvalue weighted by Gasteiger charge is -2.49. The average molecular weight is 699 g/mol. The SMILES string of the molecule is CCC(CC)C1=CC2(c3ccc4c(c3-c3ccc5cc(C(C)C)ccc5c32)C(C)(C)C2=C4Cc3ccccc32)C(C2CCCCC2)C(C(CC)CC)=C1. The van der Waals surface area contributed by atoms with Gasteiger partial charge in [-0.25, -0.2) is 0 Å². The molecule has 0 bridgehead atoms. The lowest BCUT2D eigenvalue weighted by molar-refractivity contribution is 0.210. The molecule has 0 heterocycles. The predicted molar refractivity (Wildman–Crippen MR) is 229 cm³/mol. The quantitative estimate of drug-likeness (QED) is 0.172. The molecule has 1 fully saturated rings. The van der Waals surface area contributed by atoms with E-state index in [2.05, 4.69) is 134 Å². The zero-order chi connectivity index (χ0) is 36.8. The molecule has 0 radical (unpaired) electrons. The van der Waals surface area contributed by atoms with Crippen molar-refractivity contribution in [3.63, 3.8) is 0 Å². The van der Waals surface area contributed by atoms with Gasteiger partial charge >= 0.3 is 0 Å². The topological polar surface area (TPSA) is 0 Å². The van der Waals surface area contributed by atoms with Crippen LogP contribution in [0, 0.1) is 23.7 Å². The largest absolute Gasteiger partial charge is 0.0654 e. The van der Waals surface area contributed by atoms with Gasteiger partial charge in [0.25, 0.3) is 0 Å². The minimum absolute atomic E-state index is 0.0766. The summed E-state index contributed by atoms with van der Waals surface area (Å²) in [6, 6.07) is 27.1. The first-order valence-corrected chi connectivity index (χ1v) is 21.7. The maximum absolute atomic E-state index is 2.92. The summed E-state index contributed by atoms with van der Waals surface area (Å²) in [5.41, 5.74) is 20.2. The van der Waals surface area contributed by atoms with Crippen molar-refractivity contribution in [2.45, 2.75) is 136 Å². The van der Waals surface area contributed by atoms with Gasteiger partial charge in [-0.3, -0.25) is 0 Å². The molecule has 2 atom stereocenters. The maximum Gasteiger partial charge on any atom is 0.0474 e. The van der Waals surface area contributed by atoms with Gasteiger partial charge in [0.15, 0.2) is 0 Å². The number of fused-ring (bicyclic) bond motifs is 12. The van der Waals surface area contributed by atoms with E-state index in [0.29, 0.717) is 29.6 Å². The van der Waals surface area contributed by atoms with Crippen LogP contribution >= 0.6 is 0 Å². The van der Waals surface area contributed by atoms with Crippen molar-refractivity contribution in [3.05, 3.63) is 129 Å². The van der Waals surface area contributed by atoms with E-state index in [-0.39, 0.29) is 10.8 Å². The first-order chi connectivity index (χ1) is 25.7. The molecule has 0 heteroatoms. The molecule has 4 aromatic carbocycles. The lowest BCUT2D eigenvalue weighted by atomic mass is 9.53. The van der Waals surface area contributed by atoms with Crippen molar-refractivity contribution in [1.29, 1.82) is 0 Å². The summed E-state index contributed by atoms with van der Waals surface area (Å²) in [5, 5.41) is 2.91. The van der Waals surface area contributed by atoms with Crippen LogP contribution in [0.25, 0.3) is 33.0 Å². The first kappa shape index (κ1) is 35.1. The Morgan fingerprint density at radius 1 is 0.717 bits per heavy atom. The summed E-state index contributed by atoms with van der Waals surface area (Å²) < 4.78 is 0. The molecular formula is C53H62. The van der Waals surface area contributed by atoms with Crippen molar-refractivity contribution < 1.29 is 0 Å². The number of benzene rings is 4. The Balaban J connectivity index is 1.41. The van der Waals surface area contributed by atoms with E-state index in [1.54, 1.807) is 44.5 Å². The van der Waals surface area contributed by atoms with Crippen LogP contribution in [0.2, 0.25) is 0 Å². The molecule has 0 aliphatic heterocycles. The Labute approximate surface area is 320 Å². The fourth-order valence-corrected chi connectivity index (χ4v) is 12.7. The van der Waals surface area contributed by atoms with Crippen LogP contribution in [0.4, 0.5) is 0 Å². The second-order valence-corrected chi connectivity index (χ2v) is 18.4. The molecule has 2 unspecified atom stereocenters. The summed E-state index contributed by atoms with van der Waals surface area (Å²) in [6.07, 6.45) is 18.4. The van der Waals surface area contributed by atoms with E-state index < -0.39 is 0 Å². The molecule has 0 N–H and O–H groups in total.